The van der Waals surface area contributed by atoms with Gasteiger partial charge in [-0.1, -0.05) is 49.0 Å². The molecule has 0 aliphatic rings. The summed E-state index contributed by atoms with van der Waals surface area (Å²) in [4.78, 5) is 42.9. The Bertz CT molecular complexity index is 1090. The van der Waals surface area contributed by atoms with Crippen molar-refractivity contribution in [2.24, 2.45) is 0 Å². The number of esters is 1. The number of aryl methyl sites for hydroxylation is 2. The number of fused-ring (bicyclic) bond motifs is 1. The van der Waals surface area contributed by atoms with Crippen LogP contribution in [0.2, 0.25) is 0 Å². The zero-order valence-corrected chi connectivity index (χ0v) is 18.5. The Morgan fingerprint density at radius 2 is 2.03 bits per heavy atom. The fourth-order valence-corrected chi connectivity index (χ4v) is 4.70. The Morgan fingerprint density at radius 1 is 1.27 bits per heavy atom. The second kappa shape index (κ2) is 10.4. The van der Waals surface area contributed by atoms with Gasteiger partial charge in [0.1, 0.15) is 11.4 Å². The van der Waals surface area contributed by atoms with Gasteiger partial charge < -0.3 is 10.1 Å². The molecular formula is C21H23N3O4S2. The molecule has 0 spiro atoms. The van der Waals surface area contributed by atoms with Crippen LogP contribution in [-0.2, 0) is 33.7 Å². The van der Waals surface area contributed by atoms with Gasteiger partial charge in [0, 0.05) is 11.4 Å². The molecule has 158 valence electrons. The summed E-state index contributed by atoms with van der Waals surface area (Å²) in [6.45, 7) is 2.32. The summed E-state index contributed by atoms with van der Waals surface area (Å²) >= 11 is 2.69. The number of carbonyl (C=O) groups is 2. The van der Waals surface area contributed by atoms with E-state index >= 15 is 0 Å². The molecule has 0 atom stereocenters. The summed E-state index contributed by atoms with van der Waals surface area (Å²) in [6.07, 6.45) is 1.52. The number of ether oxygens (including phenoxy) is 1. The van der Waals surface area contributed by atoms with Gasteiger partial charge >= 0.3 is 5.97 Å². The first-order valence-corrected chi connectivity index (χ1v) is 11.4. The van der Waals surface area contributed by atoms with Crippen molar-refractivity contribution < 1.29 is 14.3 Å². The van der Waals surface area contributed by atoms with Gasteiger partial charge in [-0.15, -0.1) is 11.3 Å². The van der Waals surface area contributed by atoms with E-state index in [0.29, 0.717) is 28.3 Å². The molecule has 0 unspecified atom stereocenters. The minimum Gasteiger partial charge on any atom is -0.468 e. The summed E-state index contributed by atoms with van der Waals surface area (Å²) in [5.41, 5.74) is 1.03. The first kappa shape index (κ1) is 22.0. The van der Waals surface area contributed by atoms with Crippen molar-refractivity contribution in [3.05, 3.63) is 57.2 Å². The monoisotopic (exact) mass is 445 g/mol. The molecule has 2 aromatic heterocycles. The first-order chi connectivity index (χ1) is 14.5. The van der Waals surface area contributed by atoms with Crippen molar-refractivity contribution in [2.75, 3.05) is 19.4 Å². The molecule has 0 fully saturated rings. The van der Waals surface area contributed by atoms with Crippen LogP contribution in [0.15, 0.2) is 46.3 Å². The zero-order chi connectivity index (χ0) is 21.5. The number of hydrogen-bond acceptors (Lipinski definition) is 7. The minimum atomic E-state index is -0.515. The molecule has 0 saturated carbocycles. The Morgan fingerprint density at radius 3 is 2.73 bits per heavy atom. The highest BCUT2D eigenvalue weighted by atomic mass is 32.2. The second-order valence-corrected chi connectivity index (χ2v) is 8.57. The average Bonchev–Trinajstić information content (AvgIpc) is 3.19. The molecule has 9 heteroatoms. The normalized spacial score (nSPS) is 10.9. The lowest BCUT2D eigenvalue weighted by atomic mass is 10.1. The molecule has 30 heavy (non-hydrogen) atoms. The Kier molecular flexibility index (Phi) is 7.64. The molecule has 1 amide bonds. The number of methoxy groups -OCH3 is 1. The van der Waals surface area contributed by atoms with Crippen LogP contribution in [0, 0.1) is 0 Å². The van der Waals surface area contributed by atoms with Crippen LogP contribution in [0.1, 0.15) is 17.4 Å². The molecule has 2 heterocycles. The van der Waals surface area contributed by atoms with Gasteiger partial charge in [-0.2, -0.15) is 0 Å². The highest BCUT2D eigenvalue weighted by Gasteiger charge is 2.16. The van der Waals surface area contributed by atoms with Gasteiger partial charge in [0.25, 0.3) is 5.56 Å². The van der Waals surface area contributed by atoms with Gasteiger partial charge in [-0.05, 0) is 24.5 Å². The summed E-state index contributed by atoms with van der Waals surface area (Å²) in [6, 6.07) is 11.8. The highest BCUT2D eigenvalue weighted by Crippen LogP contribution is 2.25. The van der Waals surface area contributed by atoms with Gasteiger partial charge in [0.05, 0.1) is 18.2 Å². The van der Waals surface area contributed by atoms with Crippen LogP contribution in [0.4, 0.5) is 0 Å². The predicted molar refractivity (Wildman–Crippen MR) is 119 cm³/mol. The fraction of sp³-hybridized carbons (Fsp3) is 0.333. The fourth-order valence-electron chi connectivity index (χ4n) is 2.84. The van der Waals surface area contributed by atoms with Gasteiger partial charge in [-0.25, -0.2) is 4.98 Å². The number of thioether (sulfide) groups is 1. The lowest BCUT2D eigenvalue weighted by molar-refractivity contribution is -0.140. The van der Waals surface area contributed by atoms with Crippen LogP contribution >= 0.6 is 23.1 Å². The molecular weight excluding hydrogens is 422 g/mol. The smallest absolute Gasteiger partial charge is 0.325 e. The molecule has 3 rings (SSSR count). The van der Waals surface area contributed by atoms with Crippen molar-refractivity contribution in [1.82, 2.24) is 14.9 Å². The number of rotatable bonds is 9. The second-order valence-electron chi connectivity index (χ2n) is 6.51. The van der Waals surface area contributed by atoms with Crippen LogP contribution in [0.5, 0.6) is 0 Å². The Labute approximate surface area is 182 Å². The largest absolute Gasteiger partial charge is 0.468 e. The molecule has 0 aliphatic carbocycles. The van der Waals surface area contributed by atoms with Crippen LogP contribution < -0.4 is 10.9 Å². The zero-order valence-electron chi connectivity index (χ0n) is 16.8. The third-order valence-corrected chi connectivity index (χ3v) is 6.62. The molecule has 0 radical (unpaired) electrons. The van der Waals surface area contributed by atoms with Crippen molar-refractivity contribution >= 4 is 45.2 Å². The number of hydrogen-bond donors (Lipinski definition) is 1. The maximum Gasteiger partial charge on any atom is 0.325 e. The number of amides is 1. The Hall–Kier alpha value is -2.65. The van der Waals surface area contributed by atoms with Gasteiger partial charge in [0.15, 0.2) is 5.16 Å². The van der Waals surface area contributed by atoms with Gasteiger partial charge in [-0.3, -0.25) is 19.0 Å². The van der Waals surface area contributed by atoms with Crippen molar-refractivity contribution in [3.63, 3.8) is 0 Å². The number of nitrogens with zero attached hydrogens (tertiary/aromatic N) is 2. The van der Waals surface area contributed by atoms with E-state index in [9.17, 15) is 14.4 Å². The number of nitrogens with one attached hydrogen (secondary N) is 1. The topological polar surface area (TPSA) is 90.3 Å². The van der Waals surface area contributed by atoms with E-state index in [1.807, 2.05) is 43.3 Å². The van der Waals surface area contributed by atoms with Crippen molar-refractivity contribution in [3.8, 4) is 0 Å². The van der Waals surface area contributed by atoms with E-state index in [-0.39, 0.29) is 23.8 Å². The molecule has 3 aromatic rings. The van der Waals surface area contributed by atoms with Crippen LogP contribution in [0.3, 0.4) is 0 Å². The lowest BCUT2D eigenvalue weighted by Crippen LogP contribution is -2.31. The maximum atomic E-state index is 13.2. The molecule has 0 saturated heterocycles. The standard InChI is InChI=1S/C21H23N3O4S2/c1-3-15-11-16-19(30-15)23-21(29-13-17(25)22-12-18(26)28-2)24(20(16)27)10-9-14-7-5-4-6-8-14/h4-8,11H,3,9-10,12-13H2,1-2H3,(H,22,25). The molecule has 1 aromatic carbocycles. The van der Waals surface area contributed by atoms with E-state index in [2.05, 4.69) is 15.0 Å². The molecule has 1 N–H and O–H groups in total. The summed E-state index contributed by atoms with van der Waals surface area (Å²) in [5, 5.41) is 3.62. The number of benzene rings is 1. The summed E-state index contributed by atoms with van der Waals surface area (Å²) in [7, 11) is 1.26. The number of thiophene rings is 1. The summed E-state index contributed by atoms with van der Waals surface area (Å²) in [5.74, 6) is -0.792. The maximum absolute atomic E-state index is 13.2. The lowest BCUT2D eigenvalue weighted by Gasteiger charge is -2.12. The average molecular weight is 446 g/mol. The Balaban J connectivity index is 1.83. The highest BCUT2D eigenvalue weighted by molar-refractivity contribution is 7.99. The third kappa shape index (κ3) is 5.48. The summed E-state index contributed by atoms with van der Waals surface area (Å²) < 4.78 is 6.16. The first-order valence-electron chi connectivity index (χ1n) is 9.55. The molecule has 0 aliphatic heterocycles. The van der Waals surface area contributed by atoms with Crippen molar-refractivity contribution in [2.45, 2.75) is 31.5 Å². The van der Waals surface area contributed by atoms with E-state index in [4.69, 9.17) is 0 Å². The van der Waals surface area contributed by atoms with Crippen LogP contribution in [-0.4, -0.2) is 40.8 Å². The molecule has 0 bridgehead atoms. The quantitative estimate of drug-likeness (QED) is 0.309. The third-order valence-electron chi connectivity index (χ3n) is 4.47. The number of carbonyl (C=O) groups excluding carboxylic acids is 2. The minimum absolute atomic E-state index is 0.0479. The van der Waals surface area contributed by atoms with E-state index in [1.54, 1.807) is 4.57 Å². The number of aromatic nitrogens is 2. The van der Waals surface area contributed by atoms with E-state index in [1.165, 1.54) is 30.2 Å². The van der Waals surface area contributed by atoms with Crippen molar-refractivity contribution in [1.29, 1.82) is 0 Å². The molecule has 7 nitrogen and oxygen atoms in total. The van der Waals surface area contributed by atoms with Gasteiger partial charge in [0.2, 0.25) is 5.91 Å². The SMILES string of the molecule is CCc1cc2c(=O)n(CCc3ccccc3)c(SCC(=O)NCC(=O)OC)nc2s1. The van der Waals surface area contributed by atoms with E-state index in [0.717, 1.165) is 16.9 Å². The predicted octanol–water partition coefficient (Wildman–Crippen LogP) is 2.64. The van der Waals surface area contributed by atoms with E-state index < -0.39 is 5.97 Å². The van der Waals surface area contributed by atoms with Crippen LogP contribution in [0.25, 0.3) is 10.2 Å².